The highest BCUT2D eigenvalue weighted by atomic mass is 14.9. The molecule has 2 heteroatoms. The topological polar surface area (TPSA) is 38.0 Å². The van der Waals surface area contributed by atoms with Gasteiger partial charge in [-0.25, -0.2) is 0 Å². The molecular weight excluding hydrogens is 148 g/mol. The summed E-state index contributed by atoms with van der Waals surface area (Å²) in [5.74, 6) is 1.80. The average Bonchev–Trinajstić information content (AvgIpc) is 2.07. The van der Waals surface area contributed by atoms with Crippen LogP contribution in [0.15, 0.2) is 0 Å². The van der Waals surface area contributed by atoms with Crippen molar-refractivity contribution in [3.8, 4) is 0 Å². The normalized spacial score (nSPS) is 36.8. The Hall–Kier alpha value is -0.0800. The van der Waals surface area contributed by atoms with Gasteiger partial charge in [-0.3, -0.25) is 0 Å². The highest BCUT2D eigenvalue weighted by Crippen LogP contribution is 2.28. The molecule has 1 rings (SSSR count). The van der Waals surface area contributed by atoms with Crippen molar-refractivity contribution in [2.45, 2.75) is 39.2 Å². The van der Waals surface area contributed by atoms with Gasteiger partial charge in [-0.2, -0.15) is 0 Å². The van der Waals surface area contributed by atoms with Crippen LogP contribution in [0.3, 0.4) is 0 Å². The summed E-state index contributed by atoms with van der Waals surface area (Å²) in [6, 6.07) is 0.736. The van der Waals surface area contributed by atoms with Crippen molar-refractivity contribution in [3.63, 3.8) is 0 Å². The zero-order valence-corrected chi connectivity index (χ0v) is 8.34. The van der Waals surface area contributed by atoms with Crippen LogP contribution in [0.5, 0.6) is 0 Å². The molecule has 0 bridgehead atoms. The summed E-state index contributed by atoms with van der Waals surface area (Å²) in [6.45, 7) is 6.47. The minimum absolute atomic E-state index is 0.736. The van der Waals surface area contributed by atoms with Crippen LogP contribution in [0.4, 0.5) is 0 Å². The lowest BCUT2D eigenvalue weighted by atomic mass is 9.79. The van der Waals surface area contributed by atoms with Crippen LogP contribution < -0.4 is 11.1 Å². The molecule has 0 heterocycles. The Bertz CT molecular complexity index is 123. The second-order valence-electron chi connectivity index (χ2n) is 4.21. The molecule has 3 N–H and O–H groups in total. The molecule has 0 amide bonds. The van der Waals surface area contributed by atoms with Gasteiger partial charge in [-0.1, -0.05) is 13.8 Å². The Morgan fingerprint density at radius 2 is 2.00 bits per heavy atom. The minimum Gasteiger partial charge on any atom is -0.329 e. The highest BCUT2D eigenvalue weighted by molar-refractivity contribution is 4.79. The van der Waals surface area contributed by atoms with Crippen LogP contribution in [0.2, 0.25) is 0 Å². The third-order valence-corrected chi connectivity index (χ3v) is 3.18. The molecule has 3 unspecified atom stereocenters. The predicted molar refractivity (Wildman–Crippen MR) is 53.0 cm³/mol. The van der Waals surface area contributed by atoms with Gasteiger partial charge in [0.1, 0.15) is 0 Å². The second-order valence-corrected chi connectivity index (χ2v) is 4.21. The lowest BCUT2D eigenvalue weighted by molar-refractivity contribution is 0.227. The van der Waals surface area contributed by atoms with E-state index in [9.17, 15) is 0 Å². The first-order chi connectivity index (χ1) is 5.74. The Morgan fingerprint density at radius 3 is 2.58 bits per heavy atom. The van der Waals surface area contributed by atoms with Gasteiger partial charge in [0.2, 0.25) is 0 Å². The molecule has 1 aliphatic rings. The van der Waals surface area contributed by atoms with Crippen LogP contribution >= 0.6 is 0 Å². The number of nitrogens with two attached hydrogens (primary N) is 1. The quantitative estimate of drug-likeness (QED) is 0.671. The fourth-order valence-electron chi connectivity index (χ4n) is 2.02. The van der Waals surface area contributed by atoms with E-state index in [1.807, 2.05) is 0 Å². The summed E-state index contributed by atoms with van der Waals surface area (Å²) in [4.78, 5) is 0. The smallest absolute Gasteiger partial charge is 0.00770 e. The van der Waals surface area contributed by atoms with Crippen LogP contribution in [-0.4, -0.2) is 19.1 Å². The molecule has 0 radical (unpaired) electrons. The number of rotatable bonds is 3. The first-order valence-electron chi connectivity index (χ1n) is 5.17. The van der Waals surface area contributed by atoms with Crippen molar-refractivity contribution in [2.75, 3.05) is 13.1 Å². The van der Waals surface area contributed by atoms with E-state index in [4.69, 9.17) is 5.73 Å². The number of nitrogens with one attached hydrogen (secondary N) is 1. The van der Waals surface area contributed by atoms with Gasteiger partial charge in [0.25, 0.3) is 0 Å². The molecule has 12 heavy (non-hydrogen) atoms. The van der Waals surface area contributed by atoms with Crippen molar-refractivity contribution in [2.24, 2.45) is 17.6 Å². The molecule has 0 aromatic carbocycles. The predicted octanol–water partition coefficient (Wildman–Crippen LogP) is 1.36. The molecule has 1 saturated carbocycles. The van der Waals surface area contributed by atoms with E-state index in [0.29, 0.717) is 0 Å². The van der Waals surface area contributed by atoms with E-state index in [2.05, 4.69) is 19.2 Å². The maximum absolute atomic E-state index is 5.45. The molecule has 0 aromatic heterocycles. The van der Waals surface area contributed by atoms with E-state index in [0.717, 1.165) is 31.0 Å². The highest BCUT2D eigenvalue weighted by Gasteiger charge is 2.23. The van der Waals surface area contributed by atoms with Crippen molar-refractivity contribution >= 4 is 0 Å². The van der Waals surface area contributed by atoms with Crippen LogP contribution in [0, 0.1) is 11.8 Å². The van der Waals surface area contributed by atoms with Gasteiger partial charge < -0.3 is 11.1 Å². The minimum atomic E-state index is 0.736. The molecule has 1 fully saturated rings. The Balaban J connectivity index is 2.21. The molecular formula is C10H22N2. The van der Waals surface area contributed by atoms with E-state index < -0.39 is 0 Å². The number of hydrogen-bond donors (Lipinski definition) is 2. The van der Waals surface area contributed by atoms with E-state index in [-0.39, 0.29) is 0 Å². The summed E-state index contributed by atoms with van der Waals surface area (Å²) in [5, 5.41) is 3.50. The molecule has 0 aliphatic heterocycles. The molecule has 0 saturated heterocycles. The van der Waals surface area contributed by atoms with Gasteiger partial charge in [0, 0.05) is 19.1 Å². The first kappa shape index (κ1) is 10.0. The summed E-state index contributed by atoms with van der Waals surface area (Å²) in [7, 11) is 0. The Kier molecular flexibility index (Phi) is 4.02. The second kappa shape index (κ2) is 4.83. The summed E-state index contributed by atoms with van der Waals surface area (Å²) in [5.41, 5.74) is 5.45. The zero-order valence-electron chi connectivity index (χ0n) is 8.34. The van der Waals surface area contributed by atoms with Gasteiger partial charge in [0.05, 0.1) is 0 Å². The first-order valence-corrected chi connectivity index (χ1v) is 5.17. The molecule has 2 nitrogen and oxygen atoms in total. The van der Waals surface area contributed by atoms with Gasteiger partial charge in [0.15, 0.2) is 0 Å². The molecule has 72 valence electrons. The van der Waals surface area contributed by atoms with E-state index in [1.165, 1.54) is 19.3 Å². The third-order valence-electron chi connectivity index (χ3n) is 3.18. The third kappa shape index (κ3) is 2.76. The lowest BCUT2D eigenvalue weighted by Crippen LogP contribution is -2.38. The molecule has 3 atom stereocenters. The monoisotopic (exact) mass is 170 g/mol. The fraction of sp³-hybridized carbons (Fsp3) is 1.00. The number of hydrogen-bond acceptors (Lipinski definition) is 2. The zero-order chi connectivity index (χ0) is 8.97. The van der Waals surface area contributed by atoms with Crippen molar-refractivity contribution < 1.29 is 0 Å². The average molecular weight is 170 g/mol. The largest absolute Gasteiger partial charge is 0.329 e. The van der Waals surface area contributed by atoms with Crippen LogP contribution in [0.1, 0.15) is 33.1 Å². The lowest BCUT2D eigenvalue weighted by Gasteiger charge is -2.32. The van der Waals surface area contributed by atoms with E-state index >= 15 is 0 Å². The van der Waals surface area contributed by atoms with Crippen molar-refractivity contribution in [3.05, 3.63) is 0 Å². The summed E-state index contributed by atoms with van der Waals surface area (Å²) in [6.07, 6.45) is 4.05. The van der Waals surface area contributed by atoms with Gasteiger partial charge in [-0.05, 0) is 31.1 Å². The maximum atomic E-state index is 5.45. The standard InChI is InChI=1S/C10H22N2/c1-8-3-4-10(7-9(8)2)12-6-5-11/h8-10,12H,3-7,11H2,1-2H3. The molecule has 0 spiro atoms. The maximum Gasteiger partial charge on any atom is 0.00770 e. The van der Waals surface area contributed by atoms with Crippen molar-refractivity contribution in [1.29, 1.82) is 0 Å². The van der Waals surface area contributed by atoms with Gasteiger partial charge in [-0.15, -0.1) is 0 Å². The van der Waals surface area contributed by atoms with Crippen molar-refractivity contribution in [1.82, 2.24) is 5.32 Å². The van der Waals surface area contributed by atoms with Gasteiger partial charge >= 0.3 is 0 Å². The summed E-state index contributed by atoms with van der Waals surface area (Å²) >= 11 is 0. The SMILES string of the molecule is CC1CCC(NCCN)CC1C. The van der Waals surface area contributed by atoms with Crippen LogP contribution in [-0.2, 0) is 0 Å². The molecule has 0 aromatic rings. The van der Waals surface area contributed by atoms with E-state index in [1.54, 1.807) is 0 Å². The Labute approximate surface area is 75.9 Å². The van der Waals surface area contributed by atoms with Crippen LogP contribution in [0.25, 0.3) is 0 Å². The Morgan fingerprint density at radius 1 is 1.25 bits per heavy atom. The summed E-state index contributed by atoms with van der Waals surface area (Å²) < 4.78 is 0. The fourth-order valence-corrected chi connectivity index (χ4v) is 2.02. The molecule has 1 aliphatic carbocycles.